The van der Waals surface area contributed by atoms with Gasteiger partial charge in [-0.3, -0.25) is 0 Å². The number of carbonyl (C=O) groups excluding carboxylic acids is 1. The summed E-state index contributed by atoms with van der Waals surface area (Å²) in [5, 5.41) is 6.72. The van der Waals surface area contributed by atoms with Crippen LogP contribution < -0.4 is 5.32 Å². The second-order valence-electron chi connectivity index (χ2n) is 6.72. The summed E-state index contributed by atoms with van der Waals surface area (Å²) in [6.07, 6.45) is 6.44. The number of aryl methyl sites for hydroxylation is 2. The third-order valence-electron chi connectivity index (χ3n) is 4.68. The minimum atomic E-state index is -3.13. The third kappa shape index (κ3) is 4.34. The van der Waals surface area contributed by atoms with E-state index in [2.05, 4.69) is 21.4 Å². The van der Waals surface area contributed by atoms with Gasteiger partial charge in [-0.1, -0.05) is 24.1 Å². The molecule has 2 heterocycles. The number of terminal acetylenes is 1. The predicted molar refractivity (Wildman–Crippen MR) is 105 cm³/mol. The third-order valence-corrected chi connectivity index (χ3v) is 6.43. The van der Waals surface area contributed by atoms with Crippen molar-refractivity contribution in [3.8, 4) is 23.8 Å². The molecule has 8 nitrogen and oxygen atoms in total. The van der Waals surface area contributed by atoms with E-state index in [0.29, 0.717) is 35.8 Å². The van der Waals surface area contributed by atoms with E-state index in [1.54, 1.807) is 6.07 Å². The topological polar surface area (TPSA) is 105 Å². The highest BCUT2D eigenvalue weighted by molar-refractivity contribution is 7.91. The monoisotopic (exact) mass is 402 g/mol. The minimum Gasteiger partial charge on any atom is -0.334 e. The zero-order valence-electron chi connectivity index (χ0n) is 15.8. The number of urea groups is 1. The van der Waals surface area contributed by atoms with Gasteiger partial charge in [0.05, 0.1) is 18.1 Å². The Labute approximate surface area is 164 Å². The summed E-state index contributed by atoms with van der Waals surface area (Å²) >= 11 is 0. The quantitative estimate of drug-likeness (QED) is 0.769. The average Bonchev–Trinajstić information content (AvgIpc) is 3.27. The van der Waals surface area contributed by atoms with Gasteiger partial charge in [0.25, 0.3) is 5.89 Å². The molecule has 1 aliphatic rings. The van der Waals surface area contributed by atoms with Gasteiger partial charge in [0.2, 0.25) is 0 Å². The molecule has 1 atom stereocenters. The summed E-state index contributed by atoms with van der Waals surface area (Å²) in [6, 6.07) is 4.57. The first-order valence-electron chi connectivity index (χ1n) is 8.98. The predicted octanol–water partition coefficient (Wildman–Crippen LogP) is 2.26. The van der Waals surface area contributed by atoms with Crippen LogP contribution in [0.1, 0.15) is 24.7 Å². The minimum absolute atomic E-state index is 0.0360. The number of carbonyl (C=O) groups is 1. The molecule has 28 heavy (non-hydrogen) atoms. The van der Waals surface area contributed by atoms with Crippen LogP contribution in [0.15, 0.2) is 22.7 Å². The lowest BCUT2D eigenvalue weighted by atomic mass is 10.1. The second-order valence-corrected chi connectivity index (χ2v) is 8.95. The van der Waals surface area contributed by atoms with Crippen molar-refractivity contribution in [2.45, 2.75) is 32.7 Å². The van der Waals surface area contributed by atoms with Crippen molar-refractivity contribution < 1.29 is 17.7 Å². The van der Waals surface area contributed by atoms with Gasteiger partial charge in [-0.2, -0.15) is 4.98 Å². The summed E-state index contributed by atoms with van der Waals surface area (Å²) in [5.41, 5.74) is 2.09. The van der Waals surface area contributed by atoms with Crippen LogP contribution in [0.3, 0.4) is 0 Å². The van der Waals surface area contributed by atoms with E-state index in [1.807, 2.05) is 26.0 Å². The smallest absolute Gasteiger partial charge is 0.322 e. The van der Waals surface area contributed by atoms with E-state index >= 15 is 0 Å². The van der Waals surface area contributed by atoms with Gasteiger partial charge in [0.1, 0.15) is 0 Å². The highest BCUT2D eigenvalue weighted by atomic mass is 32.2. The van der Waals surface area contributed by atoms with Gasteiger partial charge in [0, 0.05) is 23.7 Å². The molecule has 0 radical (unpaired) electrons. The summed E-state index contributed by atoms with van der Waals surface area (Å²) in [7, 11) is -3.13. The number of aromatic nitrogens is 2. The van der Waals surface area contributed by atoms with Gasteiger partial charge >= 0.3 is 6.03 Å². The number of nitrogens with zero attached hydrogens (tertiary/aromatic N) is 3. The molecule has 0 saturated carbocycles. The molecule has 0 aliphatic carbocycles. The first-order chi connectivity index (χ1) is 13.3. The zero-order valence-corrected chi connectivity index (χ0v) is 16.6. The van der Waals surface area contributed by atoms with Crippen molar-refractivity contribution in [3.05, 3.63) is 29.6 Å². The normalized spacial score (nSPS) is 17.8. The number of rotatable bonds is 5. The van der Waals surface area contributed by atoms with E-state index in [9.17, 15) is 13.2 Å². The molecule has 1 fully saturated rings. The Bertz CT molecular complexity index is 1020. The number of anilines is 1. The lowest BCUT2D eigenvalue weighted by Crippen LogP contribution is -2.44. The molecule has 1 aromatic heterocycles. The van der Waals surface area contributed by atoms with E-state index in [4.69, 9.17) is 10.9 Å². The molecule has 1 aromatic carbocycles. The Balaban J connectivity index is 1.82. The summed E-state index contributed by atoms with van der Waals surface area (Å²) in [4.78, 5) is 18.5. The van der Waals surface area contributed by atoms with Crippen molar-refractivity contribution in [2.24, 2.45) is 0 Å². The zero-order chi connectivity index (χ0) is 20.3. The van der Waals surface area contributed by atoms with Crippen LogP contribution in [-0.2, 0) is 16.3 Å². The fourth-order valence-corrected chi connectivity index (χ4v) is 4.81. The Morgan fingerprint density at radius 1 is 1.46 bits per heavy atom. The van der Waals surface area contributed by atoms with Gasteiger partial charge in [-0.15, -0.1) is 6.42 Å². The number of sulfone groups is 1. The SMILES string of the molecule is C#CCN(C(=O)Nc1cc(-c2nc(CC)no2)ccc1C)[C@@H]1CCS(=O)(=O)C1. The number of nitrogens with one attached hydrogen (secondary N) is 1. The number of amides is 2. The van der Waals surface area contributed by atoms with Crippen LogP contribution in [0.5, 0.6) is 0 Å². The molecule has 1 saturated heterocycles. The summed E-state index contributed by atoms with van der Waals surface area (Å²) in [5.74, 6) is 3.41. The van der Waals surface area contributed by atoms with Crippen LogP contribution in [0.2, 0.25) is 0 Å². The molecular formula is C19H22N4O4S. The standard InChI is InChI=1S/C19H22N4O4S/c1-4-9-23(15-8-10-28(25,26)12-15)19(24)20-16-11-14(7-6-13(16)3)18-21-17(5-2)22-27-18/h1,6-7,11,15H,5,8-10,12H2,2-3H3,(H,20,24)/t15-/m1/s1. The molecule has 0 bridgehead atoms. The van der Waals surface area contributed by atoms with E-state index in [0.717, 1.165) is 5.56 Å². The highest BCUT2D eigenvalue weighted by Crippen LogP contribution is 2.25. The number of hydrogen-bond acceptors (Lipinski definition) is 6. The van der Waals surface area contributed by atoms with Gasteiger partial charge < -0.3 is 14.7 Å². The molecule has 0 spiro atoms. The average molecular weight is 402 g/mol. The molecule has 1 aliphatic heterocycles. The molecule has 9 heteroatoms. The maximum Gasteiger partial charge on any atom is 0.322 e. The first-order valence-corrected chi connectivity index (χ1v) is 10.8. The van der Waals surface area contributed by atoms with Crippen molar-refractivity contribution in [3.63, 3.8) is 0 Å². The highest BCUT2D eigenvalue weighted by Gasteiger charge is 2.34. The Morgan fingerprint density at radius 2 is 2.25 bits per heavy atom. The lowest BCUT2D eigenvalue weighted by Gasteiger charge is -2.26. The molecule has 2 amide bonds. The summed E-state index contributed by atoms with van der Waals surface area (Å²) in [6.45, 7) is 3.82. The molecule has 1 N–H and O–H groups in total. The van der Waals surface area contributed by atoms with E-state index in [1.165, 1.54) is 4.90 Å². The van der Waals surface area contributed by atoms with Crippen molar-refractivity contribution in [2.75, 3.05) is 23.4 Å². The number of benzene rings is 1. The van der Waals surface area contributed by atoms with Gasteiger partial charge in [0.15, 0.2) is 15.7 Å². The Hall–Kier alpha value is -2.86. The van der Waals surface area contributed by atoms with Crippen molar-refractivity contribution in [1.82, 2.24) is 15.0 Å². The molecule has 148 valence electrons. The fourth-order valence-electron chi connectivity index (χ4n) is 3.08. The van der Waals surface area contributed by atoms with Gasteiger partial charge in [-0.05, 0) is 31.0 Å². The van der Waals surface area contributed by atoms with Crippen molar-refractivity contribution in [1.29, 1.82) is 0 Å². The Kier molecular flexibility index (Phi) is 5.70. The van der Waals surface area contributed by atoms with Crippen LogP contribution in [-0.4, -0.2) is 53.6 Å². The van der Waals surface area contributed by atoms with Crippen LogP contribution in [0.4, 0.5) is 10.5 Å². The molecule has 0 unspecified atom stereocenters. The van der Waals surface area contributed by atoms with E-state index < -0.39 is 21.9 Å². The molecular weight excluding hydrogens is 380 g/mol. The van der Waals surface area contributed by atoms with Crippen LogP contribution in [0, 0.1) is 19.3 Å². The van der Waals surface area contributed by atoms with Crippen molar-refractivity contribution >= 4 is 21.6 Å². The van der Waals surface area contributed by atoms with E-state index in [-0.39, 0.29) is 18.1 Å². The molecule has 3 rings (SSSR count). The van der Waals surface area contributed by atoms with Crippen LogP contribution in [0.25, 0.3) is 11.5 Å². The lowest BCUT2D eigenvalue weighted by molar-refractivity contribution is 0.202. The van der Waals surface area contributed by atoms with Gasteiger partial charge in [-0.25, -0.2) is 13.2 Å². The largest absolute Gasteiger partial charge is 0.334 e. The number of hydrogen-bond donors (Lipinski definition) is 1. The maximum absolute atomic E-state index is 12.8. The first kappa shape index (κ1) is 19.9. The fraction of sp³-hybridized carbons (Fsp3) is 0.421. The maximum atomic E-state index is 12.8. The second kappa shape index (κ2) is 8.02. The molecule has 2 aromatic rings. The summed E-state index contributed by atoms with van der Waals surface area (Å²) < 4.78 is 28.8. The Morgan fingerprint density at radius 3 is 2.86 bits per heavy atom. The van der Waals surface area contributed by atoms with Crippen LogP contribution >= 0.6 is 0 Å².